The molecule has 0 rings (SSSR count). The SMILES string of the molecule is CCOCCOCCNN.O=S(=O)(O)O. The van der Waals surface area contributed by atoms with E-state index in [9.17, 15) is 0 Å². The Morgan fingerprint density at radius 3 is 2.07 bits per heavy atom. The molecule has 0 aliphatic heterocycles. The molecule has 0 aliphatic carbocycles. The van der Waals surface area contributed by atoms with Gasteiger partial charge in [-0.15, -0.1) is 0 Å². The van der Waals surface area contributed by atoms with E-state index in [1.807, 2.05) is 6.92 Å². The second kappa shape index (κ2) is 11.8. The third-order valence-electron chi connectivity index (χ3n) is 0.967. The molecule has 0 aromatic carbocycles. The van der Waals surface area contributed by atoms with Crippen LogP contribution in [0.25, 0.3) is 0 Å². The highest BCUT2D eigenvalue weighted by Crippen LogP contribution is 1.75. The first-order chi connectivity index (χ1) is 6.91. The number of rotatable bonds is 7. The fourth-order valence-corrected chi connectivity index (χ4v) is 0.495. The van der Waals surface area contributed by atoms with Gasteiger partial charge in [-0.3, -0.25) is 20.4 Å². The molecule has 0 aromatic heterocycles. The second-order valence-electron chi connectivity index (χ2n) is 2.21. The van der Waals surface area contributed by atoms with Gasteiger partial charge in [-0.25, -0.2) is 0 Å². The van der Waals surface area contributed by atoms with Gasteiger partial charge >= 0.3 is 10.4 Å². The van der Waals surface area contributed by atoms with E-state index in [4.69, 9.17) is 32.8 Å². The number of hydrazine groups is 1. The maximum absolute atomic E-state index is 8.74. The summed E-state index contributed by atoms with van der Waals surface area (Å²) in [7, 11) is -4.67. The molecule has 0 heterocycles. The molecule has 0 aliphatic rings. The van der Waals surface area contributed by atoms with Gasteiger partial charge in [0.2, 0.25) is 0 Å². The van der Waals surface area contributed by atoms with Crippen molar-refractivity contribution in [1.29, 1.82) is 0 Å². The van der Waals surface area contributed by atoms with Crippen LogP contribution < -0.4 is 11.3 Å². The van der Waals surface area contributed by atoms with Gasteiger partial charge in [-0.05, 0) is 6.92 Å². The highest BCUT2D eigenvalue weighted by atomic mass is 32.3. The van der Waals surface area contributed by atoms with Gasteiger partial charge in [0.25, 0.3) is 0 Å². The number of ether oxygens (including phenoxy) is 2. The first-order valence-electron chi connectivity index (χ1n) is 4.20. The lowest BCUT2D eigenvalue weighted by Crippen LogP contribution is -2.26. The maximum atomic E-state index is 8.74. The lowest BCUT2D eigenvalue weighted by molar-refractivity contribution is 0.0540. The summed E-state index contributed by atoms with van der Waals surface area (Å²) in [6.07, 6.45) is 0. The number of hydrogen-bond acceptors (Lipinski definition) is 6. The molecule has 0 fully saturated rings. The van der Waals surface area contributed by atoms with E-state index in [2.05, 4.69) is 5.43 Å². The Balaban J connectivity index is 0. The maximum Gasteiger partial charge on any atom is 0.394 e. The van der Waals surface area contributed by atoms with Crippen molar-refractivity contribution < 1.29 is 27.0 Å². The van der Waals surface area contributed by atoms with E-state index in [1.54, 1.807) is 0 Å². The van der Waals surface area contributed by atoms with Crippen LogP contribution in [-0.4, -0.2) is 50.5 Å². The summed E-state index contributed by atoms with van der Waals surface area (Å²) < 4.78 is 41.7. The van der Waals surface area contributed by atoms with Crippen molar-refractivity contribution >= 4 is 10.4 Å². The smallest absolute Gasteiger partial charge is 0.379 e. The van der Waals surface area contributed by atoms with Crippen LogP contribution >= 0.6 is 0 Å². The zero-order valence-electron chi connectivity index (χ0n) is 8.55. The molecular formula is C6H18N2O6S. The predicted octanol–water partition coefficient (Wildman–Crippen LogP) is -1.15. The van der Waals surface area contributed by atoms with E-state index in [-0.39, 0.29) is 0 Å². The van der Waals surface area contributed by atoms with Gasteiger partial charge in [-0.2, -0.15) is 8.42 Å². The Kier molecular flexibility index (Phi) is 13.4. The van der Waals surface area contributed by atoms with E-state index in [1.165, 1.54) is 0 Å². The van der Waals surface area contributed by atoms with Crippen LogP contribution in [0.4, 0.5) is 0 Å². The molecule has 0 radical (unpaired) electrons. The monoisotopic (exact) mass is 246 g/mol. The molecule has 0 unspecified atom stereocenters. The van der Waals surface area contributed by atoms with Crippen LogP contribution in [0, 0.1) is 0 Å². The Morgan fingerprint density at radius 1 is 1.20 bits per heavy atom. The largest absolute Gasteiger partial charge is 0.394 e. The Labute approximate surface area is 89.3 Å². The van der Waals surface area contributed by atoms with Crippen molar-refractivity contribution in [1.82, 2.24) is 5.43 Å². The van der Waals surface area contributed by atoms with Gasteiger partial charge in [0, 0.05) is 13.2 Å². The highest BCUT2D eigenvalue weighted by Gasteiger charge is 1.85. The Morgan fingerprint density at radius 2 is 1.67 bits per heavy atom. The molecule has 0 aromatic rings. The number of nitrogens with two attached hydrogens (primary N) is 1. The molecule has 5 N–H and O–H groups in total. The first kappa shape index (κ1) is 17.1. The first-order valence-corrected chi connectivity index (χ1v) is 5.60. The average molecular weight is 246 g/mol. The minimum absolute atomic E-state index is 0.642. The standard InChI is InChI=1S/C6H16N2O2.H2O4S/c1-2-9-5-6-10-4-3-8-7;1-5(2,3)4/h8H,2-7H2,1H3;(H2,1,2,3,4). The zero-order chi connectivity index (χ0) is 12.2. The average Bonchev–Trinajstić information content (AvgIpc) is 2.08. The lowest BCUT2D eigenvalue weighted by Gasteiger charge is -2.02. The van der Waals surface area contributed by atoms with Crippen molar-refractivity contribution in [2.75, 3.05) is 33.0 Å². The molecule has 0 spiro atoms. The van der Waals surface area contributed by atoms with Crippen LogP contribution in [0.3, 0.4) is 0 Å². The number of nitrogens with one attached hydrogen (secondary N) is 1. The quantitative estimate of drug-likeness (QED) is 0.192. The molecule has 9 heteroatoms. The van der Waals surface area contributed by atoms with Crippen molar-refractivity contribution in [2.24, 2.45) is 5.84 Å². The third-order valence-corrected chi connectivity index (χ3v) is 0.967. The van der Waals surface area contributed by atoms with Crippen molar-refractivity contribution in [2.45, 2.75) is 6.92 Å². The molecule has 94 valence electrons. The van der Waals surface area contributed by atoms with Crippen LogP contribution in [0.2, 0.25) is 0 Å². The summed E-state index contributed by atoms with van der Waals surface area (Å²) in [5.74, 6) is 5.01. The minimum Gasteiger partial charge on any atom is -0.379 e. The zero-order valence-corrected chi connectivity index (χ0v) is 9.37. The van der Waals surface area contributed by atoms with E-state index >= 15 is 0 Å². The fourth-order valence-electron chi connectivity index (χ4n) is 0.495. The van der Waals surface area contributed by atoms with Crippen LogP contribution in [0.1, 0.15) is 6.92 Å². The van der Waals surface area contributed by atoms with Crippen LogP contribution in [-0.2, 0) is 19.9 Å². The van der Waals surface area contributed by atoms with Crippen molar-refractivity contribution in [3.05, 3.63) is 0 Å². The molecule has 0 atom stereocenters. The van der Waals surface area contributed by atoms with E-state index < -0.39 is 10.4 Å². The van der Waals surface area contributed by atoms with Gasteiger partial charge in [-0.1, -0.05) is 0 Å². The molecule has 0 saturated carbocycles. The van der Waals surface area contributed by atoms with Crippen LogP contribution in [0.5, 0.6) is 0 Å². The molecule has 8 nitrogen and oxygen atoms in total. The summed E-state index contributed by atoms with van der Waals surface area (Å²) in [5, 5.41) is 0. The van der Waals surface area contributed by atoms with Gasteiger partial charge in [0.15, 0.2) is 0 Å². The van der Waals surface area contributed by atoms with Gasteiger partial charge in [0.05, 0.1) is 19.8 Å². The summed E-state index contributed by atoms with van der Waals surface area (Å²) in [5.41, 5.74) is 2.49. The molecule has 0 bridgehead atoms. The summed E-state index contributed by atoms with van der Waals surface area (Å²) in [4.78, 5) is 0. The second-order valence-corrected chi connectivity index (χ2v) is 3.11. The van der Waals surface area contributed by atoms with Crippen molar-refractivity contribution in [3.8, 4) is 0 Å². The molecule has 15 heavy (non-hydrogen) atoms. The normalized spacial score (nSPS) is 10.7. The summed E-state index contributed by atoms with van der Waals surface area (Å²) in [6, 6.07) is 0. The third kappa shape index (κ3) is 41.8. The minimum atomic E-state index is -4.67. The Hall–Kier alpha value is -0.290. The summed E-state index contributed by atoms with van der Waals surface area (Å²) in [6.45, 7) is 5.35. The molecule has 0 saturated heterocycles. The van der Waals surface area contributed by atoms with E-state index in [0.29, 0.717) is 26.4 Å². The van der Waals surface area contributed by atoms with E-state index in [0.717, 1.165) is 6.61 Å². The molecular weight excluding hydrogens is 228 g/mol. The predicted molar refractivity (Wildman–Crippen MR) is 53.7 cm³/mol. The number of hydrogen-bond donors (Lipinski definition) is 4. The summed E-state index contributed by atoms with van der Waals surface area (Å²) >= 11 is 0. The molecule has 0 amide bonds. The topological polar surface area (TPSA) is 131 Å². The highest BCUT2D eigenvalue weighted by molar-refractivity contribution is 7.79. The van der Waals surface area contributed by atoms with Crippen molar-refractivity contribution in [3.63, 3.8) is 0 Å². The fraction of sp³-hybridized carbons (Fsp3) is 1.00. The lowest BCUT2D eigenvalue weighted by atomic mass is 10.7. The van der Waals surface area contributed by atoms with Crippen LogP contribution in [0.15, 0.2) is 0 Å². The Bertz CT molecular complexity index is 192. The van der Waals surface area contributed by atoms with Gasteiger partial charge in [0.1, 0.15) is 0 Å². The van der Waals surface area contributed by atoms with Gasteiger partial charge < -0.3 is 9.47 Å².